The van der Waals surface area contributed by atoms with Crippen LogP contribution in [0.15, 0.2) is 12.2 Å². The van der Waals surface area contributed by atoms with Crippen molar-refractivity contribution in [1.82, 2.24) is 5.32 Å². The second-order valence-electron chi connectivity index (χ2n) is 20.0. The molecule has 0 aliphatic carbocycles. The van der Waals surface area contributed by atoms with E-state index in [0.29, 0.717) is 19.4 Å². The molecule has 0 aromatic rings. The van der Waals surface area contributed by atoms with E-state index in [1.54, 1.807) is 6.08 Å². The zero-order chi connectivity index (χ0) is 46.5. The Morgan fingerprint density at radius 3 is 1.06 bits per heavy atom. The lowest BCUT2D eigenvalue weighted by Gasteiger charge is -2.20. The molecule has 3 N–H and O–H groups in total. The lowest BCUT2D eigenvalue weighted by atomic mass is 10.0. The smallest absolute Gasteiger partial charge is 0.305 e. The first-order valence-corrected chi connectivity index (χ1v) is 29.0. The lowest BCUT2D eigenvalue weighted by molar-refractivity contribution is -0.143. The van der Waals surface area contributed by atoms with Crippen molar-refractivity contribution in [3.05, 3.63) is 12.2 Å². The number of ether oxygens (including phenoxy) is 1. The zero-order valence-electron chi connectivity index (χ0n) is 43.3. The summed E-state index contributed by atoms with van der Waals surface area (Å²) >= 11 is 0. The summed E-state index contributed by atoms with van der Waals surface area (Å²) in [6.07, 6.45) is 63.7. The average molecular weight is 905 g/mol. The minimum atomic E-state index is -0.852. The predicted octanol–water partition coefficient (Wildman–Crippen LogP) is 17.7. The molecular formula is C58H113NO5. The standard InChI is InChI=1S/C58H113NO5/c1-3-5-7-9-11-13-15-17-19-21-22-23-26-30-34-38-42-46-50-56(61)55(54-60)59-57(62)51-47-43-39-35-31-27-25-29-33-37-41-45-49-53-64-58(63)52-48-44-40-36-32-28-24-20-18-16-14-12-10-8-6-4-2/h46,50,55-56,60-61H,3-45,47-49,51-54H2,1-2H3,(H,59,62)/b50-46+. The summed E-state index contributed by atoms with van der Waals surface area (Å²) < 4.78 is 5.48. The summed E-state index contributed by atoms with van der Waals surface area (Å²) in [7, 11) is 0. The number of aliphatic hydroxyl groups is 2. The van der Waals surface area contributed by atoms with Gasteiger partial charge in [-0.15, -0.1) is 0 Å². The molecule has 0 saturated carbocycles. The number of allylic oxidation sites excluding steroid dienone is 1. The molecule has 2 atom stereocenters. The number of carbonyl (C=O) groups excluding carboxylic acids is 2. The summed E-state index contributed by atoms with van der Waals surface area (Å²) in [4.78, 5) is 24.5. The number of esters is 1. The van der Waals surface area contributed by atoms with E-state index in [1.165, 1.54) is 238 Å². The Hall–Kier alpha value is -1.40. The molecule has 380 valence electrons. The molecule has 6 nitrogen and oxygen atoms in total. The van der Waals surface area contributed by atoms with Gasteiger partial charge in [0.2, 0.25) is 5.91 Å². The first-order valence-electron chi connectivity index (χ1n) is 29.0. The summed E-state index contributed by atoms with van der Waals surface area (Å²) in [5.41, 5.74) is 0. The molecule has 1 amide bonds. The van der Waals surface area contributed by atoms with Gasteiger partial charge in [0.05, 0.1) is 25.4 Å². The molecule has 0 aliphatic heterocycles. The van der Waals surface area contributed by atoms with Gasteiger partial charge < -0.3 is 20.3 Å². The molecule has 0 fully saturated rings. The van der Waals surface area contributed by atoms with Crippen LogP contribution in [0.25, 0.3) is 0 Å². The van der Waals surface area contributed by atoms with E-state index in [0.717, 1.165) is 57.8 Å². The van der Waals surface area contributed by atoms with Gasteiger partial charge in [-0.25, -0.2) is 0 Å². The third kappa shape index (κ3) is 50.0. The molecule has 64 heavy (non-hydrogen) atoms. The molecule has 0 aromatic heterocycles. The lowest BCUT2D eigenvalue weighted by Crippen LogP contribution is -2.45. The van der Waals surface area contributed by atoms with E-state index in [-0.39, 0.29) is 18.5 Å². The van der Waals surface area contributed by atoms with Gasteiger partial charge in [-0.2, -0.15) is 0 Å². The third-order valence-electron chi connectivity index (χ3n) is 13.6. The highest BCUT2D eigenvalue weighted by Gasteiger charge is 2.18. The van der Waals surface area contributed by atoms with E-state index in [1.807, 2.05) is 6.08 Å². The largest absolute Gasteiger partial charge is 0.466 e. The van der Waals surface area contributed by atoms with Crippen LogP contribution in [0.3, 0.4) is 0 Å². The highest BCUT2D eigenvalue weighted by Crippen LogP contribution is 2.17. The van der Waals surface area contributed by atoms with E-state index in [4.69, 9.17) is 4.74 Å². The molecule has 0 bridgehead atoms. The average Bonchev–Trinajstić information content (AvgIpc) is 3.29. The highest BCUT2D eigenvalue weighted by atomic mass is 16.5. The van der Waals surface area contributed by atoms with E-state index in [9.17, 15) is 19.8 Å². The number of hydrogen-bond acceptors (Lipinski definition) is 5. The van der Waals surface area contributed by atoms with Crippen LogP contribution in [-0.4, -0.2) is 47.4 Å². The molecule has 0 aromatic carbocycles. The number of amides is 1. The number of nitrogens with one attached hydrogen (secondary N) is 1. The maximum Gasteiger partial charge on any atom is 0.305 e. The van der Waals surface area contributed by atoms with Gasteiger partial charge in [-0.1, -0.05) is 289 Å². The van der Waals surface area contributed by atoms with Crippen molar-refractivity contribution in [1.29, 1.82) is 0 Å². The topological polar surface area (TPSA) is 95.9 Å². The molecule has 6 heteroatoms. The van der Waals surface area contributed by atoms with Crippen LogP contribution in [0.2, 0.25) is 0 Å². The summed E-state index contributed by atoms with van der Waals surface area (Å²) in [6, 6.07) is -0.637. The number of rotatable bonds is 54. The fraction of sp³-hybridized carbons (Fsp3) is 0.931. The van der Waals surface area contributed by atoms with Crippen molar-refractivity contribution in [3.8, 4) is 0 Å². The minimum Gasteiger partial charge on any atom is -0.466 e. The Bertz CT molecular complexity index is 955. The van der Waals surface area contributed by atoms with E-state index in [2.05, 4.69) is 19.2 Å². The van der Waals surface area contributed by atoms with Crippen molar-refractivity contribution in [2.75, 3.05) is 13.2 Å². The van der Waals surface area contributed by atoms with Crippen molar-refractivity contribution in [2.45, 2.75) is 334 Å². The molecule has 0 spiro atoms. The first kappa shape index (κ1) is 62.6. The molecule has 0 heterocycles. The van der Waals surface area contributed by atoms with Gasteiger partial charge in [-0.05, 0) is 32.1 Å². The van der Waals surface area contributed by atoms with Crippen molar-refractivity contribution < 1.29 is 24.5 Å². The number of hydrogen-bond donors (Lipinski definition) is 3. The van der Waals surface area contributed by atoms with Crippen LogP contribution in [-0.2, 0) is 14.3 Å². The Labute approximate surface area is 399 Å². The van der Waals surface area contributed by atoms with E-state index >= 15 is 0 Å². The summed E-state index contributed by atoms with van der Waals surface area (Å²) in [6.45, 7) is 4.90. The fourth-order valence-electron chi connectivity index (χ4n) is 9.11. The molecule has 0 radical (unpaired) electrons. The Balaban J connectivity index is 3.46. The second kappa shape index (κ2) is 54.2. The maximum absolute atomic E-state index is 12.5. The SMILES string of the molecule is CCCCCCCCCCCCCCCCCC/C=C/C(O)C(CO)NC(=O)CCCCCCCCCCCCCCCOC(=O)CCCCCCCCCCCCCCCCCC. The minimum absolute atomic E-state index is 0.00270. The first-order chi connectivity index (χ1) is 31.5. The monoisotopic (exact) mass is 904 g/mol. The summed E-state index contributed by atoms with van der Waals surface area (Å²) in [5, 5.41) is 23.1. The normalized spacial score (nSPS) is 12.6. The highest BCUT2D eigenvalue weighted by molar-refractivity contribution is 5.76. The predicted molar refractivity (Wildman–Crippen MR) is 278 cm³/mol. The van der Waals surface area contributed by atoms with Gasteiger partial charge in [0.15, 0.2) is 0 Å². The third-order valence-corrected chi connectivity index (χ3v) is 13.6. The van der Waals surface area contributed by atoms with Crippen LogP contribution < -0.4 is 5.32 Å². The second-order valence-corrected chi connectivity index (χ2v) is 20.0. The van der Waals surface area contributed by atoms with Gasteiger partial charge in [0.25, 0.3) is 0 Å². The maximum atomic E-state index is 12.5. The van der Waals surface area contributed by atoms with Crippen molar-refractivity contribution in [2.24, 2.45) is 0 Å². The Kier molecular flexibility index (Phi) is 53.0. The van der Waals surface area contributed by atoms with Crippen molar-refractivity contribution in [3.63, 3.8) is 0 Å². The van der Waals surface area contributed by atoms with Crippen LogP contribution in [0.4, 0.5) is 0 Å². The van der Waals surface area contributed by atoms with Gasteiger partial charge in [0, 0.05) is 12.8 Å². The van der Waals surface area contributed by atoms with Gasteiger partial charge >= 0.3 is 5.97 Å². The van der Waals surface area contributed by atoms with Crippen LogP contribution in [0.1, 0.15) is 322 Å². The number of carbonyl (C=O) groups is 2. The van der Waals surface area contributed by atoms with Crippen molar-refractivity contribution >= 4 is 11.9 Å². The molecule has 0 rings (SSSR count). The van der Waals surface area contributed by atoms with Gasteiger partial charge in [-0.3, -0.25) is 9.59 Å². The van der Waals surface area contributed by atoms with E-state index < -0.39 is 12.1 Å². The molecular weight excluding hydrogens is 791 g/mol. The fourth-order valence-corrected chi connectivity index (χ4v) is 9.11. The summed E-state index contributed by atoms with van der Waals surface area (Å²) in [5.74, 6) is -0.0804. The Morgan fingerprint density at radius 1 is 0.422 bits per heavy atom. The Morgan fingerprint density at radius 2 is 0.719 bits per heavy atom. The quantitative estimate of drug-likeness (QED) is 0.0321. The van der Waals surface area contributed by atoms with Crippen LogP contribution in [0.5, 0.6) is 0 Å². The van der Waals surface area contributed by atoms with Crippen LogP contribution in [0, 0.1) is 0 Å². The molecule has 0 aliphatic rings. The van der Waals surface area contributed by atoms with Gasteiger partial charge in [0.1, 0.15) is 0 Å². The number of unbranched alkanes of at least 4 members (excludes halogenated alkanes) is 43. The molecule has 0 saturated heterocycles. The molecule has 2 unspecified atom stereocenters. The number of aliphatic hydroxyl groups excluding tert-OH is 2. The van der Waals surface area contributed by atoms with Crippen LogP contribution >= 0.6 is 0 Å². The zero-order valence-corrected chi connectivity index (χ0v) is 43.3.